The minimum Gasteiger partial charge on any atom is -0.381 e. The minimum absolute atomic E-state index is 0.492. The van der Waals surface area contributed by atoms with E-state index in [2.05, 4.69) is 10.3 Å². The number of hydrogen-bond acceptors (Lipinski definition) is 3. The zero-order valence-electron chi connectivity index (χ0n) is 8.60. The zero-order valence-corrected chi connectivity index (χ0v) is 9.35. The van der Waals surface area contributed by atoms with Gasteiger partial charge >= 0.3 is 0 Å². The SMILES string of the molecule is Nc1nnn(-c2ccccc2Cl)c1C1CC1. The van der Waals surface area contributed by atoms with Crippen molar-refractivity contribution in [3.8, 4) is 5.69 Å². The highest BCUT2D eigenvalue weighted by Gasteiger charge is 2.31. The van der Waals surface area contributed by atoms with Crippen LogP contribution in [0.5, 0.6) is 0 Å². The number of nitrogens with zero attached hydrogens (tertiary/aromatic N) is 3. The summed E-state index contributed by atoms with van der Waals surface area (Å²) in [5.41, 5.74) is 7.67. The highest BCUT2D eigenvalue weighted by molar-refractivity contribution is 6.32. The van der Waals surface area contributed by atoms with Crippen molar-refractivity contribution in [3.05, 3.63) is 35.0 Å². The second-order valence-corrected chi connectivity index (χ2v) is 4.40. The number of anilines is 1. The largest absolute Gasteiger partial charge is 0.381 e. The van der Waals surface area contributed by atoms with Crippen LogP contribution in [0.15, 0.2) is 24.3 Å². The van der Waals surface area contributed by atoms with E-state index in [1.807, 2.05) is 24.3 Å². The maximum Gasteiger partial charge on any atom is 0.169 e. The molecule has 0 bridgehead atoms. The highest BCUT2D eigenvalue weighted by Crippen LogP contribution is 2.43. The van der Waals surface area contributed by atoms with Crippen molar-refractivity contribution in [3.63, 3.8) is 0 Å². The number of hydrogen-bond donors (Lipinski definition) is 1. The molecular weight excluding hydrogens is 224 g/mol. The zero-order chi connectivity index (χ0) is 11.1. The van der Waals surface area contributed by atoms with E-state index in [0.717, 1.165) is 24.2 Å². The summed E-state index contributed by atoms with van der Waals surface area (Å²) in [6, 6.07) is 7.58. The lowest BCUT2D eigenvalue weighted by molar-refractivity contribution is 0.764. The average molecular weight is 235 g/mol. The van der Waals surface area contributed by atoms with Crippen molar-refractivity contribution in [1.29, 1.82) is 0 Å². The number of aromatic nitrogens is 3. The molecule has 3 rings (SSSR count). The number of halogens is 1. The summed E-state index contributed by atoms with van der Waals surface area (Å²) >= 11 is 6.14. The van der Waals surface area contributed by atoms with Crippen LogP contribution in [0.1, 0.15) is 24.5 Å². The molecule has 1 heterocycles. The fourth-order valence-corrected chi connectivity index (χ4v) is 2.06. The molecule has 1 fully saturated rings. The Morgan fingerprint density at radius 1 is 1.31 bits per heavy atom. The molecule has 1 aliphatic carbocycles. The Morgan fingerprint density at radius 2 is 2.06 bits per heavy atom. The van der Waals surface area contributed by atoms with Crippen molar-refractivity contribution in [2.24, 2.45) is 0 Å². The standard InChI is InChI=1S/C11H11ClN4/c12-8-3-1-2-4-9(8)16-10(7-5-6-7)11(13)14-15-16/h1-4,7H,5-6,13H2. The molecule has 82 valence electrons. The lowest BCUT2D eigenvalue weighted by atomic mass is 10.2. The molecule has 4 nitrogen and oxygen atoms in total. The second-order valence-electron chi connectivity index (χ2n) is 4.00. The molecule has 1 aliphatic rings. The monoisotopic (exact) mass is 234 g/mol. The molecule has 1 saturated carbocycles. The lowest BCUT2D eigenvalue weighted by Gasteiger charge is -2.07. The predicted octanol–water partition coefficient (Wildman–Crippen LogP) is 2.38. The fraction of sp³-hybridized carbons (Fsp3) is 0.273. The van der Waals surface area contributed by atoms with Crippen LogP contribution in [0.4, 0.5) is 5.82 Å². The molecule has 5 heteroatoms. The molecule has 0 spiro atoms. The summed E-state index contributed by atoms with van der Waals surface area (Å²) in [6.07, 6.45) is 2.31. The molecule has 0 unspecified atom stereocenters. The summed E-state index contributed by atoms with van der Waals surface area (Å²) in [5.74, 6) is 1.01. The molecule has 16 heavy (non-hydrogen) atoms. The third kappa shape index (κ3) is 1.46. The molecule has 2 N–H and O–H groups in total. The van der Waals surface area contributed by atoms with E-state index in [1.54, 1.807) is 4.68 Å². The summed E-state index contributed by atoms with van der Waals surface area (Å²) in [7, 11) is 0. The minimum atomic E-state index is 0.492. The van der Waals surface area contributed by atoms with E-state index in [4.69, 9.17) is 17.3 Å². The lowest BCUT2D eigenvalue weighted by Crippen LogP contribution is -2.03. The molecule has 0 aliphatic heterocycles. The van der Waals surface area contributed by atoms with Gasteiger partial charge in [0.05, 0.1) is 16.4 Å². The van der Waals surface area contributed by atoms with Gasteiger partial charge in [0.25, 0.3) is 0 Å². The smallest absolute Gasteiger partial charge is 0.169 e. The molecule has 0 atom stereocenters. The van der Waals surface area contributed by atoms with Crippen LogP contribution in [-0.4, -0.2) is 15.0 Å². The number of para-hydroxylation sites is 1. The first-order chi connectivity index (χ1) is 7.77. The van der Waals surface area contributed by atoms with Gasteiger partial charge in [-0.15, -0.1) is 5.10 Å². The maximum absolute atomic E-state index is 6.14. The van der Waals surface area contributed by atoms with Crippen LogP contribution in [-0.2, 0) is 0 Å². The Balaban J connectivity index is 2.16. The number of benzene rings is 1. The van der Waals surface area contributed by atoms with Gasteiger partial charge in [-0.2, -0.15) is 0 Å². The molecular formula is C11H11ClN4. The van der Waals surface area contributed by atoms with Crippen molar-refractivity contribution in [2.45, 2.75) is 18.8 Å². The van der Waals surface area contributed by atoms with Gasteiger partial charge in [-0.1, -0.05) is 28.9 Å². The van der Waals surface area contributed by atoms with Gasteiger partial charge in [-0.05, 0) is 25.0 Å². The summed E-state index contributed by atoms with van der Waals surface area (Å²) in [5, 5.41) is 8.65. The van der Waals surface area contributed by atoms with Crippen LogP contribution in [0.25, 0.3) is 5.69 Å². The number of nitrogen functional groups attached to an aromatic ring is 1. The summed E-state index contributed by atoms with van der Waals surface area (Å²) in [4.78, 5) is 0. The molecule has 1 aromatic heterocycles. The van der Waals surface area contributed by atoms with E-state index in [9.17, 15) is 0 Å². The Bertz CT molecular complexity index is 531. The van der Waals surface area contributed by atoms with Crippen LogP contribution in [0, 0.1) is 0 Å². The quantitative estimate of drug-likeness (QED) is 0.868. The molecule has 0 amide bonds. The van der Waals surface area contributed by atoms with E-state index >= 15 is 0 Å². The molecule has 2 aromatic rings. The third-order valence-corrected chi connectivity index (χ3v) is 3.10. The van der Waals surface area contributed by atoms with Crippen molar-refractivity contribution < 1.29 is 0 Å². The van der Waals surface area contributed by atoms with Crippen molar-refractivity contribution >= 4 is 17.4 Å². The molecule has 1 aromatic carbocycles. The van der Waals surface area contributed by atoms with E-state index in [1.165, 1.54) is 0 Å². The van der Waals surface area contributed by atoms with Crippen LogP contribution in [0.2, 0.25) is 5.02 Å². The number of nitrogens with two attached hydrogens (primary N) is 1. The van der Waals surface area contributed by atoms with Gasteiger partial charge in [-0.25, -0.2) is 4.68 Å². The first-order valence-electron chi connectivity index (χ1n) is 5.23. The highest BCUT2D eigenvalue weighted by atomic mass is 35.5. The summed E-state index contributed by atoms with van der Waals surface area (Å²) < 4.78 is 1.76. The third-order valence-electron chi connectivity index (χ3n) is 2.78. The van der Waals surface area contributed by atoms with Crippen LogP contribution in [0.3, 0.4) is 0 Å². The first kappa shape index (κ1) is 9.66. The first-order valence-corrected chi connectivity index (χ1v) is 5.61. The molecule has 0 saturated heterocycles. The normalized spacial score (nSPS) is 15.3. The van der Waals surface area contributed by atoms with Crippen molar-refractivity contribution in [1.82, 2.24) is 15.0 Å². The van der Waals surface area contributed by atoms with Gasteiger partial charge < -0.3 is 5.73 Å². The van der Waals surface area contributed by atoms with E-state index < -0.39 is 0 Å². The Morgan fingerprint density at radius 3 is 2.75 bits per heavy atom. The average Bonchev–Trinajstić information content (AvgIpc) is 3.04. The Hall–Kier alpha value is -1.55. The van der Waals surface area contributed by atoms with Gasteiger partial charge in [-0.3, -0.25) is 0 Å². The molecule has 0 radical (unpaired) electrons. The van der Waals surface area contributed by atoms with Crippen molar-refractivity contribution in [2.75, 3.05) is 5.73 Å². The van der Waals surface area contributed by atoms with Crippen LogP contribution < -0.4 is 5.73 Å². The maximum atomic E-state index is 6.14. The fourth-order valence-electron chi connectivity index (χ4n) is 1.84. The van der Waals surface area contributed by atoms with Gasteiger partial charge in [0.2, 0.25) is 0 Å². The second kappa shape index (κ2) is 3.49. The van der Waals surface area contributed by atoms with Gasteiger partial charge in [0, 0.05) is 5.92 Å². The predicted molar refractivity (Wildman–Crippen MR) is 62.8 cm³/mol. The van der Waals surface area contributed by atoms with E-state index in [0.29, 0.717) is 16.8 Å². The number of rotatable bonds is 2. The Kier molecular flexibility index (Phi) is 2.11. The Labute approximate surface area is 98.0 Å². The van der Waals surface area contributed by atoms with Gasteiger partial charge in [0.1, 0.15) is 0 Å². The van der Waals surface area contributed by atoms with Crippen LogP contribution >= 0.6 is 11.6 Å². The topological polar surface area (TPSA) is 56.7 Å². The van der Waals surface area contributed by atoms with E-state index in [-0.39, 0.29) is 0 Å². The van der Waals surface area contributed by atoms with Gasteiger partial charge in [0.15, 0.2) is 5.82 Å². The summed E-state index contributed by atoms with van der Waals surface area (Å²) in [6.45, 7) is 0.